The van der Waals surface area contributed by atoms with Crippen LogP contribution in [-0.4, -0.2) is 66.5 Å². The van der Waals surface area contributed by atoms with E-state index in [1.807, 2.05) is 14.2 Å². The predicted octanol–water partition coefficient (Wildman–Crippen LogP) is 3.49. The first kappa shape index (κ1) is 34.8. The molecule has 0 radical (unpaired) electrons. The molecule has 0 aliphatic rings. The number of aliphatic carboxylic acids is 2. The number of hydrogen-bond acceptors (Lipinski definition) is 6. The Kier molecular flexibility index (Phi) is 33.9. The van der Waals surface area contributed by atoms with Crippen molar-refractivity contribution in [2.45, 2.75) is 96.8 Å². The molecule has 0 atom stereocenters. The number of carbonyl (C=O) groups excluding carboxylic acids is 2. The maximum absolute atomic E-state index is 9.41. The number of hydrogen-bond donors (Lipinski definition) is 0. The third kappa shape index (κ3) is 32.9. The van der Waals surface area contributed by atoms with Crippen LogP contribution in [0.25, 0.3) is 0 Å². The molecule has 0 fully saturated rings. The molecule has 0 spiro atoms. The van der Waals surface area contributed by atoms with Crippen LogP contribution < -0.4 is 10.2 Å². The predicted molar refractivity (Wildman–Crippen MR) is 124 cm³/mol. The van der Waals surface area contributed by atoms with Gasteiger partial charge in [0.15, 0.2) is 0 Å². The molecule has 0 saturated carbocycles. The molecule has 0 bridgehead atoms. The Balaban J connectivity index is -0.000000370. The second kappa shape index (κ2) is 29.2. The molecule has 0 saturated heterocycles. The molecular formula is C22H44O6Sn2. The van der Waals surface area contributed by atoms with Crippen LogP contribution in [-0.2, 0) is 15.7 Å². The third-order valence-corrected chi connectivity index (χ3v) is 17.9. The second-order valence-electron chi connectivity index (χ2n) is 6.87. The smallest absolute Gasteiger partial charge is 0.0643 e. The maximum atomic E-state index is 9.41. The van der Waals surface area contributed by atoms with Crippen molar-refractivity contribution < 1.29 is 26.0 Å². The fourth-order valence-corrected chi connectivity index (χ4v) is 14.6. The fourth-order valence-electron chi connectivity index (χ4n) is 2.29. The minimum atomic E-state index is -1.55. The normalized spacial score (nSPS) is 9.93. The van der Waals surface area contributed by atoms with E-state index in [1.54, 1.807) is 0 Å². The van der Waals surface area contributed by atoms with Crippen LogP contribution in [0.4, 0.5) is 0 Å². The van der Waals surface area contributed by atoms with E-state index in [0.717, 1.165) is 0 Å². The molecule has 8 heteroatoms. The van der Waals surface area contributed by atoms with Crippen molar-refractivity contribution in [3.8, 4) is 0 Å². The summed E-state index contributed by atoms with van der Waals surface area (Å²) in [6.45, 7) is 9.04. The van der Waals surface area contributed by atoms with Gasteiger partial charge in [0.25, 0.3) is 0 Å². The van der Waals surface area contributed by atoms with E-state index in [2.05, 4.69) is 27.7 Å². The van der Waals surface area contributed by atoms with Crippen molar-refractivity contribution in [2.75, 3.05) is 14.2 Å². The van der Waals surface area contributed by atoms with Crippen molar-refractivity contribution in [3.63, 3.8) is 0 Å². The van der Waals surface area contributed by atoms with Gasteiger partial charge in [-0.1, -0.05) is 0 Å². The van der Waals surface area contributed by atoms with E-state index in [1.165, 1.54) is 69.1 Å². The molecule has 0 amide bonds. The molecule has 0 aromatic rings. The molecule has 0 aromatic carbocycles. The van der Waals surface area contributed by atoms with Gasteiger partial charge in [-0.3, -0.25) is 0 Å². The molecule has 0 heterocycles. The van der Waals surface area contributed by atoms with Gasteiger partial charge in [-0.15, -0.1) is 0 Å². The zero-order valence-electron chi connectivity index (χ0n) is 20.1. The topological polar surface area (TPSA) is 98.7 Å². The standard InChI is InChI=1S/C4H4O4.4C4H9.2CH3O.2Sn/c5-3(6)1-2-4(7)8;4*1-3-4-2;2*1-2;;/h1-2H,(H,5,6)(H,7,8);4*1,3-4H2,2H3;2*1H3;;/q;;;;;2*-1;2*+2/p-2. The van der Waals surface area contributed by atoms with Crippen LogP contribution in [0.1, 0.15) is 79.1 Å². The summed E-state index contributed by atoms with van der Waals surface area (Å²) >= 11 is -2.55. The maximum Gasteiger partial charge on any atom is 0.0643 e. The number of rotatable bonds is 16. The summed E-state index contributed by atoms with van der Waals surface area (Å²) in [5.74, 6) is -3.09. The van der Waals surface area contributed by atoms with Crippen LogP contribution in [0.3, 0.4) is 0 Å². The first-order valence-corrected chi connectivity index (χ1v) is 21.6. The van der Waals surface area contributed by atoms with Crippen molar-refractivity contribution in [2.24, 2.45) is 0 Å². The van der Waals surface area contributed by atoms with Crippen molar-refractivity contribution >= 4 is 52.3 Å². The Bertz CT molecular complexity index is 353. The van der Waals surface area contributed by atoms with Gasteiger partial charge in [-0.25, -0.2) is 0 Å². The van der Waals surface area contributed by atoms with Gasteiger partial charge < -0.3 is 19.8 Å². The summed E-state index contributed by atoms with van der Waals surface area (Å²) in [6.07, 6.45) is 11.7. The molecule has 176 valence electrons. The number of carboxylic acid groups (broad SMARTS) is 2. The zero-order valence-corrected chi connectivity index (χ0v) is 25.8. The monoisotopic (exact) mass is 644 g/mol. The minimum absolute atomic E-state index is 0.384. The molecule has 0 rings (SSSR count). The summed E-state index contributed by atoms with van der Waals surface area (Å²) < 4.78 is 16.9. The van der Waals surface area contributed by atoms with Gasteiger partial charge in [-0.05, 0) is 12.2 Å². The summed E-state index contributed by atoms with van der Waals surface area (Å²) in [7, 11) is 3.83. The SMILES string of the molecule is CCC[CH2][Sn+]([CH2]CCC)[O]C.CCC[CH2][Sn+]([CH2]CCC)[O]C.O=C([O-])C=CC(=O)[O-]. The van der Waals surface area contributed by atoms with Crippen molar-refractivity contribution in [3.05, 3.63) is 12.2 Å². The molecule has 0 aliphatic carbocycles. The molecule has 0 unspecified atom stereocenters. The number of carbonyl (C=O) groups is 2. The van der Waals surface area contributed by atoms with Crippen molar-refractivity contribution in [1.29, 1.82) is 0 Å². The second-order valence-corrected chi connectivity index (χ2v) is 21.1. The van der Waals surface area contributed by atoms with Crippen LogP contribution in [0.2, 0.25) is 17.7 Å². The first-order chi connectivity index (χ1) is 14.3. The Labute approximate surface area is 200 Å². The number of carboxylic acids is 2. The van der Waals surface area contributed by atoms with E-state index < -0.39 is 52.3 Å². The van der Waals surface area contributed by atoms with Gasteiger partial charge in [0.1, 0.15) is 0 Å². The average Bonchev–Trinajstić information content (AvgIpc) is 2.73. The molecule has 6 nitrogen and oxygen atoms in total. The van der Waals surface area contributed by atoms with E-state index >= 15 is 0 Å². The Hall–Kier alpha value is 0.197. The summed E-state index contributed by atoms with van der Waals surface area (Å²) in [4.78, 5) is 18.8. The van der Waals surface area contributed by atoms with Crippen LogP contribution >= 0.6 is 0 Å². The zero-order chi connectivity index (χ0) is 23.6. The largest absolute Gasteiger partial charge is 0.545 e. The van der Waals surface area contributed by atoms with Gasteiger partial charge >= 0.3 is 158 Å². The van der Waals surface area contributed by atoms with Crippen LogP contribution in [0.5, 0.6) is 0 Å². The Morgan fingerprint density at radius 2 is 0.867 bits per heavy atom. The summed E-state index contributed by atoms with van der Waals surface area (Å²) in [6, 6.07) is 0. The molecular weight excluding hydrogens is 598 g/mol. The molecule has 0 N–H and O–H groups in total. The summed E-state index contributed by atoms with van der Waals surface area (Å²) in [5, 5.41) is 18.8. The minimum Gasteiger partial charge on any atom is -0.545 e. The Morgan fingerprint density at radius 1 is 0.633 bits per heavy atom. The first-order valence-electron chi connectivity index (χ1n) is 11.2. The van der Waals surface area contributed by atoms with Gasteiger partial charge in [0.2, 0.25) is 0 Å². The Morgan fingerprint density at radius 3 is 1.00 bits per heavy atom. The quantitative estimate of drug-likeness (QED) is 0.189. The van der Waals surface area contributed by atoms with E-state index in [0.29, 0.717) is 12.2 Å². The van der Waals surface area contributed by atoms with E-state index in [-0.39, 0.29) is 0 Å². The number of unbranched alkanes of at least 4 members (excludes halogenated alkanes) is 4. The van der Waals surface area contributed by atoms with Gasteiger partial charge in [0, 0.05) is 0 Å². The fraction of sp³-hybridized carbons (Fsp3) is 0.818. The van der Waals surface area contributed by atoms with E-state index in [4.69, 9.17) is 6.15 Å². The van der Waals surface area contributed by atoms with Crippen LogP contribution in [0, 0.1) is 0 Å². The van der Waals surface area contributed by atoms with E-state index in [9.17, 15) is 19.8 Å². The van der Waals surface area contributed by atoms with Crippen molar-refractivity contribution in [1.82, 2.24) is 0 Å². The third-order valence-electron chi connectivity index (χ3n) is 4.17. The molecule has 0 aliphatic heterocycles. The van der Waals surface area contributed by atoms with Gasteiger partial charge in [-0.2, -0.15) is 0 Å². The van der Waals surface area contributed by atoms with Gasteiger partial charge in [0.05, 0.1) is 11.9 Å². The average molecular weight is 642 g/mol. The summed E-state index contributed by atoms with van der Waals surface area (Å²) in [5.41, 5.74) is 0. The molecule has 30 heavy (non-hydrogen) atoms. The molecule has 0 aromatic heterocycles. The van der Waals surface area contributed by atoms with Crippen LogP contribution in [0.15, 0.2) is 12.2 Å².